The van der Waals surface area contributed by atoms with Crippen molar-refractivity contribution in [1.29, 1.82) is 0 Å². The fourth-order valence-electron chi connectivity index (χ4n) is 3.87. The van der Waals surface area contributed by atoms with E-state index in [-0.39, 0.29) is 15.5 Å². The molecular formula is C14H20O4S2. The van der Waals surface area contributed by atoms with Gasteiger partial charge < -0.3 is 5.11 Å². The van der Waals surface area contributed by atoms with Crippen molar-refractivity contribution in [1.82, 2.24) is 0 Å². The summed E-state index contributed by atoms with van der Waals surface area (Å²) in [7, 11) is -3.77. The van der Waals surface area contributed by atoms with Crippen molar-refractivity contribution in [2.75, 3.05) is 0 Å². The lowest BCUT2D eigenvalue weighted by Gasteiger charge is -2.64. The number of rotatable bonds is 3. The highest BCUT2D eigenvalue weighted by Gasteiger charge is 2.64. The Kier molecular flexibility index (Phi) is 3.11. The lowest BCUT2D eigenvalue weighted by molar-refractivity contribution is -0.237. The summed E-state index contributed by atoms with van der Waals surface area (Å²) >= 11 is 1.14. The van der Waals surface area contributed by atoms with Gasteiger partial charge in [0.05, 0.1) is 5.60 Å². The molecule has 1 aromatic rings. The van der Waals surface area contributed by atoms with Crippen molar-refractivity contribution in [2.45, 2.75) is 49.5 Å². The van der Waals surface area contributed by atoms with Crippen LogP contribution in [0.4, 0.5) is 0 Å². The van der Waals surface area contributed by atoms with Gasteiger partial charge in [0.1, 0.15) is 10.3 Å². The molecule has 4 atom stereocenters. The average molecular weight is 316 g/mol. The van der Waals surface area contributed by atoms with Gasteiger partial charge in [0.2, 0.25) is 0 Å². The zero-order valence-electron chi connectivity index (χ0n) is 11.9. The molecule has 4 nitrogen and oxygen atoms in total. The van der Waals surface area contributed by atoms with Gasteiger partial charge in [-0.25, -0.2) is 0 Å². The van der Waals surface area contributed by atoms with Crippen molar-refractivity contribution in [3.05, 3.63) is 17.5 Å². The van der Waals surface area contributed by atoms with E-state index in [0.29, 0.717) is 12.3 Å². The van der Waals surface area contributed by atoms with Gasteiger partial charge in [-0.1, -0.05) is 19.9 Å². The van der Waals surface area contributed by atoms with Crippen LogP contribution < -0.4 is 0 Å². The molecule has 2 bridgehead atoms. The molecule has 1 heterocycles. The predicted octanol–water partition coefficient (Wildman–Crippen LogP) is 2.64. The summed E-state index contributed by atoms with van der Waals surface area (Å²) in [5.41, 5.74) is -1.03. The van der Waals surface area contributed by atoms with E-state index in [1.54, 1.807) is 18.4 Å². The molecule has 1 aromatic heterocycles. The van der Waals surface area contributed by atoms with Gasteiger partial charge in [-0.2, -0.15) is 8.42 Å². The van der Waals surface area contributed by atoms with E-state index in [1.165, 1.54) is 6.07 Å². The van der Waals surface area contributed by atoms with E-state index in [4.69, 9.17) is 4.18 Å². The average Bonchev–Trinajstić information content (AvgIpc) is 2.84. The highest BCUT2D eigenvalue weighted by molar-refractivity contribution is 7.89. The fraction of sp³-hybridized carbons (Fsp3) is 0.714. The van der Waals surface area contributed by atoms with E-state index < -0.39 is 21.8 Å². The highest BCUT2D eigenvalue weighted by Crippen LogP contribution is 2.63. The molecule has 4 rings (SSSR count). The molecule has 2 unspecified atom stereocenters. The van der Waals surface area contributed by atoms with E-state index in [0.717, 1.165) is 17.8 Å². The first-order chi connectivity index (χ1) is 9.15. The monoisotopic (exact) mass is 316 g/mol. The molecule has 112 valence electrons. The van der Waals surface area contributed by atoms with Crippen molar-refractivity contribution in [3.63, 3.8) is 0 Å². The molecule has 1 N–H and O–H groups in total. The molecule has 6 heteroatoms. The Bertz CT molecular complexity index is 601. The SMILES string of the molecule is CC1(C)C2CC1[C@@](C)(O)[C@@H](OS(=O)(=O)c1cccs1)C2. The normalized spacial score (nSPS) is 39.3. The minimum absolute atomic E-state index is 0.0655. The second-order valence-electron chi connectivity index (χ2n) is 6.74. The van der Waals surface area contributed by atoms with Crippen LogP contribution in [-0.2, 0) is 14.3 Å². The first kappa shape index (κ1) is 14.5. The van der Waals surface area contributed by atoms with E-state index in [2.05, 4.69) is 13.8 Å². The highest BCUT2D eigenvalue weighted by atomic mass is 32.3. The molecule has 3 aliphatic carbocycles. The van der Waals surface area contributed by atoms with Crippen LogP contribution in [0.15, 0.2) is 21.7 Å². The maximum Gasteiger partial charge on any atom is 0.306 e. The molecule has 20 heavy (non-hydrogen) atoms. The lowest BCUT2D eigenvalue weighted by atomic mass is 9.43. The molecular weight excluding hydrogens is 296 g/mol. The largest absolute Gasteiger partial charge is 0.387 e. The van der Waals surface area contributed by atoms with Gasteiger partial charge in [0.25, 0.3) is 0 Å². The van der Waals surface area contributed by atoms with Crippen molar-refractivity contribution >= 4 is 21.5 Å². The molecule has 3 saturated carbocycles. The summed E-state index contributed by atoms with van der Waals surface area (Å²) in [6.45, 7) is 6.00. The number of hydrogen-bond donors (Lipinski definition) is 1. The summed E-state index contributed by atoms with van der Waals surface area (Å²) in [6.07, 6.45) is 0.909. The molecule has 0 saturated heterocycles. The Morgan fingerprint density at radius 2 is 2.05 bits per heavy atom. The summed E-state index contributed by atoms with van der Waals surface area (Å²) in [6, 6.07) is 3.21. The van der Waals surface area contributed by atoms with Crippen LogP contribution in [0.2, 0.25) is 0 Å². The first-order valence-corrected chi connectivity index (χ1v) is 9.13. The summed E-state index contributed by atoms with van der Waals surface area (Å²) in [5, 5.41) is 12.5. The van der Waals surface area contributed by atoms with Gasteiger partial charge in [-0.05, 0) is 48.5 Å². The molecule has 0 radical (unpaired) electrons. The Morgan fingerprint density at radius 1 is 1.35 bits per heavy atom. The summed E-state index contributed by atoms with van der Waals surface area (Å²) in [4.78, 5) is 0. The number of thiophene rings is 1. The van der Waals surface area contributed by atoms with Crippen LogP contribution in [0.5, 0.6) is 0 Å². The maximum absolute atomic E-state index is 12.2. The second-order valence-corrected chi connectivity index (χ2v) is 9.49. The van der Waals surface area contributed by atoms with E-state index >= 15 is 0 Å². The molecule has 0 aliphatic heterocycles. The van der Waals surface area contributed by atoms with Gasteiger partial charge >= 0.3 is 10.1 Å². The Balaban J connectivity index is 1.83. The van der Waals surface area contributed by atoms with Crippen LogP contribution >= 0.6 is 11.3 Å². The van der Waals surface area contributed by atoms with Gasteiger partial charge in [-0.3, -0.25) is 4.18 Å². The van der Waals surface area contributed by atoms with Crippen LogP contribution in [0.1, 0.15) is 33.6 Å². The Labute approximate surface area is 123 Å². The zero-order valence-corrected chi connectivity index (χ0v) is 13.5. The fourth-order valence-corrected chi connectivity index (χ4v) is 6.00. The molecule has 3 aliphatic rings. The van der Waals surface area contributed by atoms with Crippen LogP contribution in [0.3, 0.4) is 0 Å². The first-order valence-electron chi connectivity index (χ1n) is 6.85. The van der Waals surface area contributed by atoms with Crippen LogP contribution in [-0.4, -0.2) is 25.2 Å². The van der Waals surface area contributed by atoms with E-state index in [9.17, 15) is 13.5 Å². The predicted molar refractivity (Wildman–Crippen MR) is 77.0 cm³/mol. The van der Waals surface area contributed by atoms with Crippen molar-refractivity contribution < 1.29 is 17.7 Å². The second kappa shape index (κ2) is 4.29. The van der Waals surface area contributed by atoms with Crippen molar-refractivity contribution in [2.24, 2.45) is 17.3 Å². The number of aliphatic hydroxyl groups is 1. The zero-order chi connectivity index (χ0) is 14.8. The summed E-state index contributed by atoms with van der Waals surface area (Å²) in [5.74, 6) is 0.522. The molecule has 0 aromatic carbocycles. The minimum Gasteiger partial charge on any atom is -0.387 e. The standard InChI is InChI=1S/C14H20O4S2/c1-13(2)9-7-10(13)14(3,15)11(8-9)18-20(16,17)12-5-4-6-19-12/h4-6,9-11,15H,7-8H2,1-3H3/t9?,10?,11-,14+/m0/s1. The third-order valence-electron chi connectivity index (χ3n) is 5.31. The molecule has 0 spiro atoms. The van der Waals surface area contributed by atoms with Gasteiger partial charge in [-0.15, -0.1) is 11.3 Å². The molecule has 3 fully saturated rings. The smallest absolute Gasteiger partial charge is 0.306 e. The maximum atomic E-state index is 12.2. The van der Waals surface area contributed by atoms with Gasteiger partial charge in [0, 0.05) is 0 Å². The topological polar surface area (TPSA) is 63.6 Å². The minimum atomic E-state index is -3.77. The Hall–Kier alpha value is -0.430. The third kappa shape index (κ3) is 1.96. The molecule has 0 amide bonds. The lowest BCUT2D eigenvalue weighted by Crippen LogP contribution is -2.67. The number of hydrogen-bond acceptors (Lipinski definition) is 5. The number of fused-ring (bicyclic) bond motifs is 2. The van der Waals surface area contributed by atoms with Crippen LogP contribution in [0, 0.1) is 17.3 Å². The Morgan fingerprint density at radius 3 is 2.55 bits per heavy atom. The van der Waals surface area contributed by atoms with Gasteiger partial charge in [0.15, 0.2) is 0 Å². The van der Waals surface area contributed by atoms with E-state index in [1.807, 2.05) is 0 Å². The third-order valence-corrected chi connectivity index (χ3v) is 7.99. The van der Waals surface area contributed by atoms with Crippen molar-refractivity contribution in [3.8, 4) is 0 Å². The quantitative estimate of drug-likeness (QED) is 0.871. The summed E-state index contributed by atoms with van der Waals surface area (Å²) < 4.78 is 30.0. The van der Waals surface area contributed by atoms with Crippen LogP contribution in [0.25, 0.3) is 0 Å².